The first-order valence-corrected chi connectivity index (χ1v) is 7.44. The number of aryl methyl sites for hydroxylation is 3. The van der Waals surface area contributed by atoms with Gasteiger partial charge in [0.1, 0.15) is 0 Å². The monoisotopic (exact) mass is 266 g/mol. The summed E-state index contributed by atoms with van der Waals surface area (Å²) >= 11 is 0. The van der Waals surface area contributed by atoms with Crippen LogP contribution in [0.15, 0.2) is 12.1 Å². The number of Topliss-reactive ketones (excluding diaryl/α,β-unsaturated/α-hetero) is 1. The number of ketones is 1. The van der Waals surface area contributed by atoms with Crippen LogP contribution in [0.25, 0.3) is 0 Å². The predicted molar refractivity (Wildman–Crippen MR) is 77.7 cm³/mol. The van der Waals surface area contributed by atoms with Crippen molar-refractivity contribution < 1.29 is 9.00 Å². The Morgan fingerprint density at radius 2 is 1.56 bits per heavy atom. The summed E-state index contributed by atoms with van der Waals surface area (Å²) in [5, 5.41) is 0. The molecule has 1 atom stereocenters. The molecule has 0 aliphatic heterocycles. The fourth-order valence-corrected chi connectivity index (χ4v) is 2.84. The highest BCUT2D eigenvalue weighted by Gasteiger charge is 2.24. The Morgan fingerprint density at radius 3 is 1.94 bits per heavy atom. The van der Waals surface area contributed by atoms with Crippen molar-refractivity contribution in [1.29, 1.82) is 0 Å². The Labute approximate surface area is 112 Å². The first-order chi connectivity index (χ1) is 8.12. The molecule has 18 heavy (non-hydrogen) atoms. The molecule has 1 unspecified atom stereocenters. The minimum Gasteiger partial charge on any atom is -0.293 e. The van der Waals surface area contributed by atoms with Crippen LogP contribution >= 0.6 is 0 Å². The number of rotatable bonds is 3. The van der Waals surface area contributed by atoms with E-state index in [1.165, 1.54) is 0 Å². The summed E-state index contributed by atoms with van der Waals surface area (Å²) in [4.78, 5) is 12.3. The minimum absolute atomic E-state index is 0.0155. The number of benzene rings is 1. The molecule has 2 nitrogen and oxygen atoms in total. The van der Waals surface area contributed by atoms with E-state index in [1.54, 1.807) is 0 Å². The molecule has 0 radical (unpaired) electrons. The lowest BCUT2D eigenvalue weighted by molar-refractivity contribution is 0.102. The quantitative estimate of drug-likeness (QED) is 0.786. The van der Waals surface area contributed by atoms with E-state index in [4.69, 9.17) is 0 Å². The van der Waals surface area contributed by atoms with Crippen LogP contribution in [0.3, 0.4) is 0 Å². The molecule has 0 spiro atoms. The van der Waals surface area contributed by atoms with E-state index in [0.29, 0.717) is 0 Å². The molecule has 0 bridgehead atoms. The van der Waals surface area contributed by atoms with Gasteiger partial charge in [0.25, 0.3) is 0 Å². The van der Waals surface area contributed by atoms with Crippen LogP contribution in [0.4, 0.5) is 0 Å². The van der Waals surface area contributed by atoms with Crippen LogP contribution in [-0.4, -0.2) is 20.5 Å². The van der Waals surface area contributed by atoms with Crippen molar-refractivity contribution in [1.82, 2.24) is 0 Å². The third-order valence-electron chi connectivity index (χ3n) is 2.90. The molecule has 1 rings (SSSR count). The van der Waals surface area contributed by atoms with Gasteiger partial charge in [0.15, 0.2) is 5.78 Å². The molecular weight excluding hydrogens is 244 g/mol. The van der Waals surface area contributed by atoms with Gasteiger partial charge in [0.2, 0.25) is 0 Å². The number of hydrogen-bond acceptors (Lipinski definition) is 2. The van der Waals surface area contributed by atoms with Crippen LogP contribution in [0.2, 0.25) is 0 Å². The molecule has 0 N–H and O–H groups in total. The fraction of sp³-hybridized carbons (Fsp3) is 0.533. The average molecular weight is 266 g/mol. The molecule has 0 saturated heterocycles. The molecule has 0 amide bonds. The summed E-state index contributed by atoms with van der Waals surface area (Å²) < 4.78 is 11.7. The van der Waals surface area contributed by atoms with Gasteiger partial charge < -0.3 is 0 Å². The standard InChI is InChI=1S/C15H22O2S/c1-10-7-11(2)14(12(3)8-10)13(16)9-18(17)15(4,5)6/h7-8H,9H2,1-6H3. The molecule has 1 aromatic rings. The van der Waals surface area contributed by atoms with E-state index in [0.717, 1.165) is 22.3 Å². The highest BCUT2D eigenvalue weighted by atomic mass is 32.2. The van der Waals surface area contributed by atoms with E-state index in [-0.39, 0.29) is 16.3 Å². The molecule has 0 aliphatic rings. The molecule has 0 fully saturated rings. The summed E-state index contributed by atoms with van der Waals surface area (Å²) in [6, 6.07) is 4.00. The predicted octanol–water partition coefficient (Wildman–Crippen LogP) is 3.34. The molecule has 1 aromatic carbocycles. The normalized spacial score (nSPS) is 13.4. The summed E-state index contributed by atoms with van der Waals surface area (Å²) in [5.74, 6) is 0.0899. The van der Waals surface area contributed by atoms with Crippen molar-refractivity contribution in [2.24, 2.45) is 0 Å². The lowest BCUT2D eigenvalue weighted by Gasteiger charge is -2.18. The lowest BCUT2D eigenvalue weighted by atomic mass is 9.97. The lowest BCUT2D eigenvalue weighted by Crippen LogP contribution is -2.28. The van der Waals surface area contributed by atoms with Gasteiger partial charge in [-0.1, -0.05) is 17.7 Å². The summed E-state index contributed by atoms with van der Waals surface area (Å²) in [6.45, 7) is 11.6. The highest BCUT2D eigenvalue weighted by Crippen LogP contribution is 2.19. The van der Waals surface area contributed by atoms with Gasteiger partial charge in [0, 0.05) is 21.1 Å². The zero-order chi connectivity index (χ0) is 14.1. The molecule has 3 heteroatoms. The van der Waals surface area contributed by atoms with Gasteiger partial charge in [0.05, 0.1) is 5.75 Å². The maximum Gasteiger partial charge on any atom is 0.175 e. The Kier molecular flexibility index (Phi) is 4.49. The van der Waals surface area contributed by atoms with E-state index < -0.39 is 10.8 Å². The van der Waals surface area contributed by atoms with Gasteiger partial charge in [-0.05, 0) is 52.7 Å². The number of carbonyl (C=O) groups excluding carboxylic acids is 1. The maximum atomic E-state index is 12.3. The summed E-state index contributed by atoms with van der Waals surface area (Å²) in [7, 11) is -1.14. The molecule has 100 valence electrons. The van der Waals surface area contributed by atoms with Crippen LogP contribution in [0, 0.1) is 20.8 Å². The molecule has 0 aromatic heterocycles. The number of hydrogen-bond donors (Lipinski definition) is 0. The van der Waals surface area contributed by atoms with E-state index in [9.17, 15) is 9.00 Å². The molecule has 0 aliphatic carbocycles. The van der Waals surface area contributed by atoms with Crippen molar-refractivity contribution in [2.75, 3.05) is 5.75 Å². The second-order valence-corrected chi connectivity index (χ2v) is 8.00. The van der Waals surface area contributed by atoms with Crippen LogP contribution < -0.4 is 0 Å². The summed E-state index contributed by atoms with van der Waals surface area (Å²) in [5.41, 5.74) is 3.84. The molecule has 0 heterocycles. The molecule has 0 saturated carbocycles. The Hall–Kier alpha value is -0.960. The Bertz CT molecular complexity index is 473. The zero-order valence-electron chi connectivity index (χ0n) is 12.1. The van der Waals surface area contributed by atoms with Crippen molar-refractivity contribution in [2.45, 2.75) is 46.3 Å². The van der Waals surface area contributed by atoms with Crippen molar-refractivity contribution in [3.8, 4) is 0 Å². The van der Waals surface area contributed by atoms with E-state index in [1.807, 2.05) is 53.7 Å². The Morgan fingerprint density at radius 1 is 1.11 bits per heavy atom. The van der Waals surface area contributed by atoms with E-state index in [2.05, 4.69) is 0 Å². The zero-order valence-corrected chi connectivity index (χ0v) is 12.9. The van der Waals surface area contributed by atoms with Gasteiger partial charge >= 0.3 is 0 Å². The van der Waals surface area contributed by atoms with Crippen molar-refractivity contribution in [3.63, 3.8) is 0 Å². The first kappa shape index (κ1) is 15.1. The second kappa shape index (κ2) is 5.35. The van der Waals surface area contributed by atoms with Gasteiger partial charge in [-0.3, -0.25) is 9.00 Å². The second-order valence-electron chi connectivity index (χ2n) is 5.80. The van der Waals surface area contributed by atoms with E-state index >= 15 is 0 Å². The van der Waals surface area contributed by atoms with Crippen LogP contribution in [0.5, 0.6) is 0 Å². The maximum absolute atomic E-state index is 12.3. The topological polar surface area (TPSA) is 34.1 Å². The highest BCUT2D eigenvalue weighted by molar-refractivity contribution is 7.87. The van der Waals surface area contributed by atoms with Gasteiger partial charge in [-0.2, -0.15) is 0 Å². The van der Waals surface area contributed by atoms with Gasteiger partial charge in [-0.15, -0.1) is 0 Å². The third-order valence-corrected chi connectivity index (χ3v) is 4.79. The SMILES string of the molecule is Cc1cc(C)c(C(=O)CS(=O)C(C)(C)C)c(C)c1. The van der Waals surface area contributed by atoms with Crippen molar-refractivity contribution in [3.05, 3.63) is 34.4 Å². The largest absolute Gasteiger partial charge is 0.293 e. The Balaban J connectivity index is 3.03. The smallest absolute Gasteiger partial charge is 0.175 e. The van der Waals surface area contributed by atoms with Gasteiger partial charge in [-0.25, -0.2) is 0 Å². The molecular formula is C15H22O2S. The number of carbonyl (C=O) groups is 1. The third kappa shape index (κ3) is 3.52. The first-order valence-electron chi connectivity index (χ1n) is 6.12. The summed E-state index contributed by atoms with van der Waals surface area (Å²) in [6.07, 6.45) is 0. The fourth-order valence-electron chi connectivity index (χ4n) is 2.03. The average Bonchev–Trinajstić information content (AvgIpc) is 2.13. The van der Waals surface area contributed by atoms with Crippen LogP contribution in [0.1, 0.15) is 47.8 Å². The van der Waals surface area contributed by atoms with Crippen LogP contribution in [-0.2, 0) is 10.8 Å². The minimum atomic E-state index is -1.14. The van der Waals surface area contributed by atoms with Crippen molar-refractivity contribution >= 4 is 16.6 Å².